The number of hydrogen-bond acceptors (Lipinski definition) is 9. The molecule has 2 aromatic heterocycles. The molecule has 2 aliphatic heterocycles. The lowest BCUT2D eigenvalue weighted by atomic mass is 10.0. The number of ether oxygens (including phenoxy) is 2. The summed E-state index contributed by atoms with van der Waals surface area (Å²) >= 11 is 1.17. The maximum atomic E-state index is 13.5. The number of carbonyl (C=O) groups excluding carboxylic acids is 1. The first-order chi connectivity index (χ1) is 18.2. The third-order valence-electron chi connectivity index (χ3n) is 6.48. The van der Waals surface area contributed by atoms with Crippen LogP contribution in [0.3, 0.4) is 0 Å². The van der Waals surface area contributed by atoms with Crippen LogP contribution in [0.4, 0.5) is 32.8 Å². The van der Waals surface area contributed by atoms with Crippen LogP contribution in [0.2, 0.25) is 0 Å². The van der Waals surface area contributed by atoms with Gasteiger partial charge in [-0.3, -0.25) is 4.90 Å². The lowest BCUT2D eigenvalue weighted by Crippen LogP contribution is -2.56. The molecule has 3 aromatic rings. The molecule has 0 aliphatic carbocycles. The molecule has 2 saturated heterocycles. The molecule has 0 saturated carbocycles. The number of alkyl halides is 5. The van der Waals surface area contributed by atoms with E-state index in [-0.39, 0.29) is 48.0 Å². The van der Waals surface area contributed by atoms with Crippen molar-refractivity contribution in [3.63, 3.8) is 0 Å². The van der Waals surface area contributed by atoms with Gasteiger partial charge in [0.25, 0.3) is 12.4 Å². The van der Waals surface area contributed by atoms with Crippen molar-refractivity contribution in [2.24, 2.45) is 0 Å². The lowest BCUT2D eigenvalue weighted by Gasteiger charge is -2.40. The number of oxazole rings is 1. The average molecular weight is 577 g/mol. The molecule has 2 aliphatic rings. The number of anilines is 1. The first kappa shape index (κ1) is 27.4. The Balaban J connectivity index is 1.58. The summed E-state index contributed by atoms with van der Waals surface area (Å²) in [4.78, 5) is 24.5. The van der Waals surface area contributed by atoms with Crippen LogP contribution in [0.25, 0.3) is 22.4 Å². The van der Waals surface area contributed by atoms with E-state index in [1.165, 1.54) is 16.8 Å². The number of halogens is 5. The Bertz CT molecular complexity index is 1340. The number of hydrogen-bond donors (Lipinski definition) is 1. The van der Waals surface area contributed by atoms with E-state index in [9.17, 15) is 31.9 Å². The number of thiazole rings is 1. The first-order valence-corrected chi connectivity index (χ1v) is 13.0. The summed E-state index contributed by atoms with van der Waals surface area (Å²) < 4.78 is 82.7. The molecule has 1 aromatic carbocycles. The highest BCUT2D eigenvalue weighted by Gasteiger charge is 2.46. The Morgan fingerprint density at radius 1 is 1.21 bits per heavy atom. The summed E-state index contributed by atoms with van der Waals surface area (Å²) in [6.45, 7) is 5.82. The quantitative estimate of drug-likeness (QED) is 0.384. The van der Waals surface area contributed by atoms with Crippen LogP contribution >= 0.6 is 11.3 Å². The largest absolute Gasteiger partial charge is 0.573 e. The van der Waals surface area contributed by atoms with Gasteiger partial charge in [-0.1, -0.05) is 0 Å². The number of carbonyl (C=O) groups is 1. The number of aliphatic hydroxyl groups excluding tert-OH is 1. The zero-order chi connectivity index (χ0) is 28.3. The molecule has 4 heterocycles. The van der Waals surface area contributed by atoms with Gasteiger partial charge >= 0.3 is 12.5 Å². The molecule has 1 amide bonds. The van der Waals surface area contributed by atoms with Gasteiger partial charge in [0, 0.05) is 29.6 Å². The highest BCUT2D eigenvalue weighted by atomic mass is 32.1. The van der Waals surface area contributed by atoms with Crippen LogP contribution < -0.4 is 9.64 Å². The Labute approximate surface area is 223 Å². The van der Waals surface area contributed by atoms with Crippen LogP contribution in [0.15, 0.2) is 21.4 Å². The van der Waals surface area contributed by atoms with Gasteiger partial charge in [-0.15, -0.1) is 24.5 Å². The molecule has 39 heavy (non-hydrogen) atoms. The third kappa shape index (κ3) is 5.46. The maximum absolute atomic E-state index is 13.5. The molecule has 212 valence electrons. The summed E-state index contributed by atoms with van der Waals surface area (Å²) in [6.07, 6.45) is -10.3. The topological polar surface area (TPSA) is 101 Å². The van der Waals surface area contributed by atoms with Crippen molar-refractivity contribution in [1.82, 2.24) is 14.9 Å². The zero-order valence-corrected chi connectivity index (χ0v) is 21.9. The fourth-order valence-corrected chi connectivity index (χ4v) is 5.54. The van der Waals surface area contributed by atoms with Crippen molar-refractivity contribution < 1.29 is 45.7 Å². The number of aliphatic hydroxyl groups is 1. The van der Waals surface area contributed by atoms with E-state index in [0.29, 0.717) is 12.8 Å². The number of fused-ring (bicyclic) bond motifs is 3. The average Bonchev–Trinajstić information content (AvgIpc) is 3.55. The van der Waals surface area contributed by atoms with Crippen LogP contribution in [0.5, 0.6) is 5.75 Å². The normalized spacial score (nSPS) is 20.7. The van der Waals surface area contributed by atoms with E-state index < -0.39 is 47.4 Å². The highest BCUT2D eigenvalue weighted by molar-refractivity contribution is 7.07. The number of benzene rings is 1. The summed E-state index contributed by atoms with van der Waals surface area (Å²) in [5, 5.41) is 11.7. The minimum Gasteiger partial charge on any atom is -0.444 e. The van der Waals surface area contributed by atoms with Crippen LogP contribution in [0, 0.1) is 0 Å². The lowest BCUT2D eigenvalue weighted by molar-refractivity contribution is -0.274. The molecule has 3 atom stereocenters. The summed E-state index contributed by atoms with van der Waals surface area (Å²) in [5.41, 5.74) is -0.363. The maximum Gasteiger partial charge on any atom is 0.573 e. The second-order valence-corrected chi connectivity index (χ2v) is 11.1. The number of nitrogens with zero attached hydrogens (tertiary/aromatic N) is 4. The van der Waals surface area contributed by atoms with Crippen molar-refractivity contribution in [2.75, 3.05) is 18.0 Å². The van der Waals surface area contributed by atoms with E-state index in [1.54, 1.807) is 36.0 Å². The fraction of sp³-hybridized carbons (Fsp3) is 0.542. The molecule has 2 fully saturated rings. The molecule has 15 heteroatoms. The summed E-state index contributed by atoms with van der Waals surface area (Å²) in [7, 11) is 0. The Morgan fingerprint density at radius 2 is 1.87 bits per heavy atom. The van der Waals surface area contributed by atoms with Crippen LogP contribution in [0.1, 0.15) is 45.3 Å². The van der Waals surface area contributed by atoms with Gasteiger partial charge in [-0.2, -0.15) is 4.98 Å². The number of amides is 1. The molecular weight excluding hydrogens is 551 g/mol. The SMILES string of the molecule is CC(C)(C)OC(=O)N1C2CCC1CN(c1nc3c(OC(F)(F)F)c(C(O)C(F)F)cc(-c4cscn4)c3o1)C2. The van der Waals surface area contributed by atoms with Crippen molar-refractivity contribution in [1.29, 1.82) is 0 Å². The van der Waals surface area contributed by atoms with Gasteiger partial charge in [0.05, 0.1) is 23.3 Å². The van der Waals surface area contributed by atoms with Crippen molar-refractivity contribution in [2.45, 2.75) is 70.2 Å². The minimum atomic E-state index is -5.26. The van der Waals surface area contributed by atoms with Gasteiger partial charge < -0.3 is 23.9 Å². The van der Waals surface area contributed by atoms with Crippen molar-refractivity contribution >= 4 is 34.5 Å². The predicted molar refractivity (Wildman–Crippen MR) is 130 cm³/mol. The third-order valence-corrected chi connectivity index (χ3v) is 7.06. The Hall–Kier alpha value is -3.20. The van der Waals surface area contributed by atoms with Gasteiger partial charge in [-0.05, 0) is 39.7 Å². The van der Waals surface area contributed by atoms with Crippen LogP contribution in [-0.2, 0) is 4.74 Å². The summed E-state index contributed by atoms with van der Waals surface area (Å²) in [5.74, 6) is -1.07. The standard InChI is InChI=1S/C24H25F5N4O5S/c1-23(2,3)38-22(35)33-11-4-5-12(33)8-32(7-11)21-31-16-18(36-21)13(15-9-39-10-30-15)6-14(17(34)20(25)26)19(16)37-24(27,28)29/h6,9-12,17,20,34H,4-5,7-8H2,1-3H3. The van der Waals surface area contributed by atoms with E-state index in [2.05, 4.69) is 14.7 Å². The van der Waals surface area contributed by atoms with E-state index in [4.69, 9.17) is 9.15 Å². The monoisotopic (exact) mass is 576 g/mol. The highest BCUT2D eigenvalue weighted by Crippen LogP contribution is 2.45. The Kier molecular flexibility index (Phi) is 6.85. The molecule has 9 nitrogen and oxygen atoms in total. The van der Waals surface area contributed by atoms with Crippen molar-refractivity contribution in [3.05, 3.63) is 22.5 Å². The van der Waals surface area contributed by atoms with Gasteiger partial charge in [0.2, 0.25) is 0 Å². The van der Waals surface area contributed by atoms with Gasteiger partial charge in [0.15, 0.2) is 16.8 Å². The molecule has 5 rings (SSSR count). The van der Waals surface area contributed by atoms with Crippen molar-refractivity contribution in [3.8, 4) is 17.0 Å². The van der Waals surface area contributed by atoms with Gasteiger partial charge in [-0.25, -0.2) is 18.6 Å². The fourth-order valence-electron chi connectivity index (χ4n) is 4.99. The number of piperazine rings is 1. The first-order valence-electron chi connectivity index (χ1n) is 12.1. The van der Waals surface area contributed by atoms with Crippen LogP contribution in [-0.4, -0.2) is 69.6 Å². The smallest absolute Gasteiger partial charge is 0.444 e. The van der Waals surface area contributed by atoms with E-state index >= 15 is 0 Å². The minimum absolute atomic E-state index is 0.0714. The predicted octanol–water partition coefficient (Wildman–Crippen LogP) is 5.74. The second kappa shape index (κ2) is 9.77. The zero-order valence-electron chi connectivity index (χ0n) is 21.0. The second-order valence-electron chi connectivity index (χ2n) is 10.4. The van der Waals surface area contributed by atoms with E-state index in [0.717, 1.165) is 6.07 Å². The van der Waals surface area contributed by atoms with Gasteiger partial charge in [0.1, 0.15) is 11.7 Å². The number of rotatable bonds is 5. The molecule has 0 radical (unpaired) electrons. The molecule has 2 bridgehead atoms. The molecule has 3 unspecified atom stereocenters. The summed E-state index contributed by atoms with van der Waals surface area (Å²) in [6, 6.07) is 0.370. The molecule has 0 spiro atoms. The van der Waals surface area contributed by atoms with E-state index in [1.807, 2.05) is 0 Å². The number of aromatic nitrogens is 2. The molecular formula is C24H25F5N4O5S. The Morgan fingerprint density at radius 3 is 2.41 bits per heavy atom. The molecule has 1 N–H and O–H groups in total.